The molecule has 0 spiro atoms. The lowest BCUT2D eigenvalue weighted by molar-refractivity contribution is -0.145. The quantitative estimate of drug-likeness (QED) is 0.176. The third kappa shape index (κ3) is 9.09. The standard InChI is InChI=1S/C28H29F3O6S/c1-4-34-27(32)17-36-26-14-13-25(15-19(26)2)38-18-24(37-23-11-9-21(33-3)10-12-23)16-35-22-7-5-20(6-8-22)28(29,30)31/h5-15,24H,4,16-18H2,1-3H3. The minimum Gasteiger partial charge on any atom is -0.497 e. The summed E-state index contributed by atoms with van der Waals surface area (Å²) in [6, 6.07) is 17.2. The molecule has 0 N–H and O–H groups in total. The fourth-order valence-electron chi connectivity index (χ4n) is 3.29. The molecule has 0 aliphatic rings. The highest BCUT2D eigenvalue weighted by Gasteiger charge is 2.30. The summed E-state index contributed by atoms with van der Waals surface area (Å²) in [7, 11) is 1.57. The smallest absolute Gasteiger partial charge is 0.416 e. The zero-order valence-electron chi connectivity index (χ0n) is 21.2. The molecular weight excluding hydrogens is 521 g/mol. The summed E-state index contributed by atoms with van der Waals surface area (Å²) < 4.78 is 66.0. The number of carbonyl (C=O) groups is 1. The summed E-state index contributed by atoms with van der Waals surface area (Å²) in [6.07, 6.45) is -4.83. The molecule has 1 atom stereocenters. The van der Waals surface area contributed by atoms with Crippen molar-refractivity contribution in [2.24, 2.45) is 0 Å². The van der Waals surface area contributed by atoms with Crippen LogP contribution in [0.3, 0.4) is 0 Å². The average molecular weight is 551 g/mol. The van der Waals surface area contributed by atoms with E-state index in [4.69, 9.17) is 23.7 Å². The van der Waals surface area contributed by atoms with Gasteiger partial charge in [0.15, 0.2) is 6.61 Å². The molecule has 0 aliphatic heterocycles. The van der Waals surface area contributed by atoms with Crippen molar-refractivity contribution >= 4 is 17.7 Å². The molecule has 0 saturated heterocycles. The molecule has 3 rings (SSSR count). The van der Waals surface area contributed by atoms with Crippen molar-refractivity contribution in [3.05, 3.63) is 77.9 Å². The van der Waals surface area contributed by atoms with E-state index < -0.39 is 23.8 Å². The van der Waals surface area contributed by atoms with Gasteiger partial charge in [0.05, 0.1) is 19.3 Å². The van der Waals surface area contributed by atoms with Crippen LogP contribution in [0.1, 0.15) is 18.1 Å². The molecule has 0 amide bonds. The molecule has 0 heterocycles. The van der Waals surface area contributed by atoms with Gasteiger partial charge in [0, 0.05) is 10.6 Å². The van der Waals surface area contributed by atoms with Crippen LogP contribution in [0, 0.1) is 6.92 Å². The van der Waals surface area contributed by atoms with E-state index in [1.165, 1.54) is 23.9 Å². The Balaban J connectivity index is 1.64. The van der Waals surface area contributed by atoms with Crippen LogP contribution in [-0.4, -0.2) is 44.8 Å². The second-order valence-electron chi connectivity index (χ2n) is 8.08. The lowest BCUT2D eigenvalue weighted by Gasteiger charge is -2.20. The molecule has 10 heteroatoms. The third-order valence-electron chi connectivity index (χ3n) is 5.21. The number of methoxy groups -OCH3 is 1. The molecule has 0 bridgehead atoms. The monoisotopic (exact) mass is 550 g/mol. The summed E-state index contributed by atoms with van der Waals surface area (Å²) in [5.41, 5.74) is 0.115. The number of hydrogen-bond acceptors (Lipinski definition) is 7. The molecule has 3 aromatic carbocycles. The molecule has 204 valence electrons. The van der Waals surface area contributed by atoms with Crippen molar-refractivity contribution in [1.82, 2.24) is 0 Å². The Morgan fingerprint density at radius 1 is 0.921 bits per heavy atom. The predicted molar refractivity (Wildman–Crippen MR) is 138 cm³/mol. The Labute approximate surface area is 224 Å². The Morgan fingerprint density at radius 2 is 1.58 bits per heavy atom. The van der Waals surface area contributed by atoms with E-state index in [9.17, 15) is 18.0 Å². The molecule has 38 heavy (non-hydrogen) atoms. The fourth-order valence-corrected chi connectivity index (χ4v) is 4.26. The van der Waals surface area contributed by atoms with Gasteiger partial charge in [-0.3, -0.25) is 0 Å². The number of carbonyl (C=O) groups excluding carboxylic acids is 1. The van der Waals surface area contributed by atoms with Crippen LogP contribution in [0.25, 0.3) is 0 Å². The van der Waals surface area contributed by atoms with E-state index >= 15 is 0 Å². The number of halogens is 3. The van der Waals surface area contributed by atoms with Crippen molar-refractivity contribution < 1.29 is 41.7 Å². The molecule has 0 saturated carbocycles. The Kier molecular flexibility index (Phi) is 10.6. The molecule has 0 radical (unpaired) electrons. The van der Waals surface area contributed by atoms with Crippen molar-refractivity contribution in [3.63, 3.8) is 0 Å². The number of benzene rings is 3. The Morgan fingerprint density at radius 3 is 2.18 bits per heavy atom. The van der Waals surface area contributed by atoms with Crippen LogP contribution in [-0.2, 0) is 15.7 Å². The molecule has 0 aliphatic carbocycles. The summed E-state index contributed by atoms with van der Waals surface area (Å²) in [4.78, 5) is 12.5. The first-order valence-electron chi connectivity index (χ1n) is 11.8. The van der Waals surface area contributed by atoms with E-state index in [2.05, 4.69) is 0 Å². The van der Waals surface area contributed by atoms with Crippen LogP contribution in [0.2, 0.25) is 0 Å². The van der Waals surface area contributed by atoms with Gasteiger partial charge in [-0.25, -0.2) is 4.79 Å². The van der Waals surface area contributed by atoms with Crippen molar-refractivity contribution in [2.45, 2.75) is 31.0 Å². The van der Waals surface area contributed by atoms with Crippen LogP contribution in [0.5, 0.6) is 23.0 Å². The van der Waals surface area contributed by atoms with Gasteiger partial charge in [0.2, 0.25) is 0 Å². The molecule has 6 nitrogen and oxygen atoms in total. The minimum absolute atomic E-state index is 0.115. The maximum Gasteiger partial charge on any atom is 0.416 e. The first-order chi connectivity index (χ1) is 18.2. The van der Waals surface area contributed by atoms with Gasteiger partial charge in [-0.05, 0) is 86.1 Å². The summed E-state index contributed by atoms with van der Waals surface area (Å²) in [5.74, 6) is 2.24. The van der Waals surface area contributed by atoms with Gasteiger partial charge >= 0.3 is 12.1 Å². The van der Waals surface area contributed by atoms with Crippen LogP contribution in [0.15, 0.2) is 71.6 Å². The van der Waals surface area contributed by atoms with E-state index in [0.717, 1.165) is 22.6 Å². The first kappa shape index (κ1) is 29.0. The van der Waals surface area contributed by atoms with Crippen LogP contribution in [0.4, 0.5) is 13.2 Å². The number of thioether (sulfide) groups is 1. The highest BCUT2D eigenvalue weighted by molar-refractivity contribution is 7.99. The summed E-state index contributed by atoms with van der Waals surface area (Å²) >= 11 is 1.53. The highest BCUT2D eigenvalue weighted by atomic mass is 32.2. The number of hydrogen-bond donors (Lipinski definition) is 0. The lowest BCUT2D eigenvalue weighted by atomic mass is 10.2. The van der Waals surface area contributed by atoms with Gasteiger partial charge in [-0.15, -0.1) is 11.8 Å². The third-order valence-corrected chi connectivity index (χ3v) is 6.34. The molecule has 0 fully saturated rings. The maximum atomic E-state index is 12.9. The van der Waals surface area contributed by atoms with Crippen molar-refractivity contribution in [3.8, 4) is 23.0 Å². The topological polar surface area (TPSA) is 63.2 Å². The van der Waals surface area contributed by atoms with Gasteiger partial charge in [0.25, 0.3) is 0 Å². The van der Waals surface area contributed by atoms with E-state index in [-0.39, 0.29) is 13.2 Å². The van der Waals surface area contributed by atoms with Gasteiger partial charge < -0.3 is 23.7 Å². The minimum atomic E-state index is -4.41. The lowest BCUT2D eigenvalue weighted by Crippen LogP contribution is -2.27. The second kappa shape index (κ2) is 13.9. The fraction of sp³-hybridized carbons (Fsp3) is 0.321. The molecule has 3 aromatic rings. The Hall–Kier alpha value is -3.53. The molecular formula is C28H29F3O6S. The van der Waals surface area contributed by atoms with E-state index in [0.29, 0.717) is 35.4 Å². The number of alkyl halides is 3. The normalized spacial score (nSPS) is 11.9. The molecule has 0 aromatic heterocycles. The van der Waals surface area contributed by atoms with E-state index in [1.54, 1.807) is 44.4 Å². The predicted octanol–water partition coefficient (Wildman–Crippen LogP) is 6.58. The number of rotatable bonds is 13. The summed E-state index contributed by atoms with van der Waals surface area (Å²) in [6.45, 7) is 3.85. The van der Waals surface area contributed by atoms with Gasteiger partial charge in [0.1, 0.15) is 35.7 Å². The van der Waals surface area contributed by atoms with Crippen molar-refractivity contribution in [2.75, 3.05) is 32.7 Å². The number of aryl methyl sites for hydroxylation is 1. The maximum absolute atomic E-state index is 12.9. The highest BCUT2D eigenvalue weighted by Crippen LogP contribution is 2.31. The number of ether oxygens (including phenoxy) is 5. The zero-order valence-corrected chi connectivity index (χ0v) is 22.1. The largest absolute Gasteiger partial charge is 0.497 e. The van der Waals surface area contributed by atoms with Gasteiger partial charge in [-0.1, -0.05) is 0 Å². The van der Waals surface area contributed by atoms with Gasteiger partial charge in [-0.2, -0.15) is 13.2 Å². The van der Waals surface area contributed by atoms with Crippen LogP contribution >= 0.6 is 11.8 Å². The van der Waals surface area contributed by atoms with E-state index in [1.807, 2.05) is 19.1 Å². The zero-order chi connectivity index (χ0) is 27.5. The van der Waals surface area contributed by atoms with Crippen molar-refractivity contribution in [1.29, 1.82) is 0 Å². The second-order valence-corrected chi connectivity index (χ2v) is 9.17. The first-order valence-corrected chi connectivity index (χ1v) is 12.8. The summed E-state index contributed by atoms with van der Waals surface area (Å²) in [5, 5.41) is 0. The molecule has 1 unspecified atom stereocenters. The number of esters is 1. The van der Waals surface area contributed by atoms with Crippen LogP contribution < -0.4 is 18.9 Å². The SMILES string of the molecule is CCOC(=O)COc1ccc(SCC(COc2ccc(C(F)(F)F)cc2)Oc2ccc(OC)cc2)cc1C. The Bertz CT molecular complexity index is 1170. The average Bonchev–Trinajstić information content (AvgIpc) is 2.90.